The minimum Gasteiger partial charge on any atom is -0.383 e. The van der Waals surface area contributed by atoms with E-state index in [1.807, 2.05) is 42.7 Å². The molecule has 2 aromatic heterocycles. The third kappa shape index (κ3) is 5.34. The molecule has 1 aliphatic rings. The molecule has 4 rings (SSSR count). The zero-order valence-electron chi connectivity index (χ0n) is 19.6. The van der Waals surface area contributed by atoms with Crippen molar-refractivity contribution in [1.29, 1.82) is 0 Å². The average Bonchev–Trinajstić information content (AvgIpc) is 3.37. The van der Waals surface area contributed by atoms with Crippen LogP contribution in [0.2, 0.25) is 0 Å². The van der Waals surface area contributed by atoms with E-state index < -0.39 is 0 Å². The van der Waals surface area contributed by atoms with Gasteiger partial charge in [-0.25, -0.2) is 0 Å². The van der Waals surface area contributed by atoms with Crippen molar-refractivity contribution in [3.8, 4) is 5.69 Å². The number of anilines is 1. The molecule has 34 heavy (non-hydrogen) atoms. The van der Waals surface area contributed by atoms with Gasteiger partial charge < -0.3 is 15.4 Å². The van der Waals surface area contributed by atoms with Crippen LogP contribution in [0.3, 0.4) is 0 Å². The number of benzene rings is 1. The molecule has 8 nitrogen and oxygen atoms in total. The first-order valence-electron chi connectivity index (χ1n) is 11.3. The number of thioether (sulfide) groups is 1. The highest BCUT2D eigenvalue weighted by Crippen LogP contribution is 2.38. The Morgan fingerprint density at radius 2 is 1.97 bits per heavy atom. The molecule has 0 bridgehead atoms. The fraction of sp³-hybridized carbons (Fsp3) is 0.417. The van der Waals surface area contributed by atoms with Crippen LogP contribution in [0, 0.1) is 13.8 Å². The lowest BCUT2D eigenvalue weighted by molar-refractivity contribution is -0.113. The maximum Gasteiger partial charge on any atom is 0.254 e. The van der Waals surface area contributed by atoms with Crippen molar-refractivity contribution >= 4 is 39.9 Å². The molecule has 0 fully saturated rings. The Morgan fingerprint density at radius 3 is 2.76 bits per heavy atom. The Morgan fingerprint density at radius 1 is 1.18 bits per heavy atom. The number of rotatable bonds is 9. The van der Waals surface area contributed by atoms with Crippen LogP contribution in [0.4, 0.5) is 5.00 Å². The molecule has 0 spiro atoms. The van der Waals surface area contributed by atoms with Crippen LogP contribution in [0.1, 0.15) is 45.0 Å². The summed E-state index contributed by atoms with van der Waals surface area (Å²) >= 11 is 2.85. The van der Waals surface area contributed by atoms with Crippen LogP contribution in [0.25, 0.3) is 5.69 Å². The van der Waals surface area contributed by atoms with E-state index in [0.717, 1.165) is 48.3 Å². The lowest BCUT2D eigenvalue weighted by Crippen LogP contribution is -2.29. The van der Waals surface area contributed by atoms with Crippen LogP contribution in [0.15, 0.2) is 29.4 Å². The quantitative estimate of drug-likeness (QED) is 0.342. The molecule has 3 aromatic rings. The zero-order valence-corrected chi connectivity index (χ0v) is 21.3. The number of amides is 2. The molecule has 2 heterocycles. The highest BCUT2D eigenvalue weighted by Gasteiger charge is 2.26. The van der Waals surface area contributed by atoms with Gasteiger partial charge in [-0.3, -0.25) is 14.2 Å². The van der Waals surface area contributed by atoms with Gasteiger partial charge in [0.05, 0.1) is 23.6 Å². The van der Waals surface area contributed by atoms with Crippen LogP contribution in [-0.4, -0.2) is 52.6 Å². The van der Waals surface area contributed by atoms with E-state index in [4.69, 9.17) is 4.74 Å². The van der Waals surface area contributed by atoms with Crippen molar-refractivity contribution in [2.45, 2.75) is 44.7 Å². The second-order valence-electron chi connectivity index (χ2n) is 8.15. The predicted molar refractivity (Wildman–Crippen MR) is 135 cm³/mol. The smallest absolute Gasteiger partial charge is 0.254 e. The highest BCUT2D eigenvalue weighted by molar-refractivity contribution is 7.99. The fourth-order valence-electron chi connectivity index (χ4n) is 4.07. The van der Waals surface area contributed by atoms with Gasteiger partial charge in [-0.15, -0.1) is 21.5 Å². The van der Waals surface area contributed by atoms with Gasteiger partial charge in [-0.2, -0.15) is 0 Å². The molecule has 180 valence electrons. The van der Waals surface area contributed by atoms with Crippen molar-refractivity contribution in [1.82, 2.24) is 20.1 Å². The van der Waals surface area contributed by atoms with Gasteiger partial charge in [0, 0.05) is 18.5 Å². The average molecular weight is 500 g/mol. The van der Waals surface area contributed by atoms with Crippen LogP contribution in [0.5, 0.6) is 0 Å². The number of fused-ring (bicyclic) bond motifs is 1. The first-order valence-corrected chi connectivity index (χ1v) is 13.1. The number of para-hydroxylation sites is 1. The van der Waals surface area contributed by atoms with E-state index in [1.54, 1.807) is 7.11 Å². The van der Waals surface area contributed by atoms with E-state index in [1.165, 1.54) is 28.0 Å². The van der Waals surface area contributed by atoms with Gasteiger partial charge in [0.1, 0.15) is 10.8 Å². The number of aryl methyl sites for hydroxylation is 3. The number of hydrogen-bond acceptors (Lipinski definition) is 7. The van der Waals surface area contributed by atoms with Crippen LogP contribution in [-0.2, 0) is 22.4 Å². The van der Waals surface area contributed by atoms with Gasteiger partial charge in [0.2, 0.25) is 5.91 Å². The Balaban J connectivity index is 1.49. The number of carbonyl (C=O) groups excluding carboxylic acids is 2. The van der Waals surface area contributed by atoms with Crippen LogP contribution < -0.4 is 10.6 Å². The molecule has 0 saturated heterocycles. The summed E-state index contributed by atoms with van der Waals surface area (Å²) in [7, 11) is 1.60. The normalized spacial score (nSPS) is 12.9. The molecular formula is C24H29N5O3S2. The number of carbonyl (C=O) groups is 2. The molecule has 0 aliphatic heterocycles. The van der Waals surface area contributed by atoms with Crippen molar-refractivity contribution in [3.05, 3.63) is 51.7 Å². The van der Waals surface area contributed by atoms with E-state index >= 15 is 0 Å². The Hall–Kier alpha value is -2.69. The predicted octanol–water partition coefficient (Wildman–Crippen LogP) is 3.93. The summed E-state index contributed by atoms with van der Waals surface area (Å²) in [5.41, 5.74) is 3.77. The number of hydrogen-bond donors (Lipinski definition) is 2. The molecule has 0 atom stereocenters. The first kappa shape index (κ1) is 24.4. The largest absolute Gasteiger partial charge is 0.383 e. The summed E-state index contributed by atoms with van der Waals surface area (Å²) in [6.45, 7) is 4.80. The van der Waals surface area contributed by atoms with Crippen molar-refractivity contribution < 1.29 is 14.3 Å². The molecule has 0 radical (unpaired) electrons. The summed E-state index contributed by atoms with van der Waals surface area (Å²) in [6.07, 6.45) is 3.97. The molecule has 1 aromatic carbocycles. The van der Waals surface area contributed by atoms with E-state index in [0.29, 0.717) is 28.9 Å². The zero-order chi connectivity index (χ0) is 24.1. The number of aromatic nitrogens is 3. The molecule has 10 heteroatoms. The first-order chi connectivity index (χ1) is 16.5. The molecule has 2 amide bonds. The van der Waals surface area contributed by atoms with Gasteiger partial charge in [-0.05, 0) is 56.7 Å². The molecule has 0 saturated carbocycles. The van der Waals surface area contributed by atoms with Crippen molar-refractivity contribution in [2.24, 2.45) is 0 Å². The number of ether oxygens (including phenoxy) is 1. The lowest BCUT2D eigenvalue weighted by atomic mass is 9.95. The number of thiophene rings is 1. The second kappa shape index (κ2) is 11.2. The molecular weight excluding hydrogens is 470 g/mol. The number of methoxy groups -OCH3 is 1. The monoisotopic (exact) mass is 499 g/mol. The lowest BCUT2D eigenvalue weighted by Gasteiger charge is -2.13. The standard InChI is InChI=1S/C24H29N5O3S2/c1-15-8-4-6-10-18(15)29-16(2)27-28-24(29)33-14-20(30)26-23-21(22(31)25-12-13-32-3)17-9-5-7-11-19(17)34-23/h4,6,8,10H,5,7,9,11-14H2,1-3H3,(H,25,31)(H,26,30). The Bertz CT molecular complexity index is 1190. The number of nitrogens with one attached hydrogen (secondary N) is 2. The highest BCUT2D eigenvalue weighted by atomic mass is 32.2. The van der Waals surface area contributed by atoms with Crippen molar-refractivity contribution in [2.75, 3.05) is 31.3 Å². The Labute approximate surface area is 207 Å². The van der Waals surface area contributed by atoms with Crippen LogP contribution >= 0.6 is 23.1 Å². The summed E-state index contributed by atoms with van der Waals surface area (Å²) in [5.74, 6) is 0.594. The maximum atomic E-state index is 12.9. The van der Waals surface area contributed by atoms with Gasteiger partial charge in [0.15, 0.2) is 5.16 Å². The van der Waals surface area contributed by atoms with E-state index in [9.17, 15) is 9.59 Å². The topological polar surface area (TPSA) is 98.1 Å². The summed E-state index contributed by atoms with van der Waals surface area (Å²) in [4.78, 5) is 27.0. The van der Waals surface area contributed by atoms with Crippen molar-refractivity contribution in [3.63, 3.8) is 0 Å². The Kier molecular flexibility index (Phi) is 8.02. The maximum absolute atomic E-state index is 12.9. The fourth-order valence-corrected chi connectivity index (χ4v) is 6.16. The second-order valence-corrected chi connectivity index (χ2v) is 10.2. The minimum atomic E-state index is -0.175. The molecule has 0 unspecified atom stereocenters. The van der Waals surface area contributed by atoms with Gasteiger partial charge in [0.25, 0.3) is 5.91 Å². The summed E-state index contributed by atoms with van der Waals surface area (Å²) in [5, 5.41) is 15.7. The van der Waals surface area contributed by atoms with E-state index in [2.05, 4.69) is 20.8 Å². The molecule has 1 aliphatic carbocycles. The third-order valence-corrected chi connectivity index (χ3v) is 7.86. The third-order valence-electron chi connectivity index (χ3n) is 5.73. The van der Waals surface area contributed by atoms with E-state index in [-0.39, 0.29) is 17.6 Å². The summed E-state index contributed by atoms with van der Waals surface area (Å²) in [6, 6.07) is 8.01. The molecule has 2 N–H and O–H groups in total. The van der Waals surface area contributed by atoms with Gasteiger partial charge in [-0.1, -0.05) is 30.0 Å². The SMILES string of the molecule is COCCNC(=O)c1c(NC(=O)CSc2nnc(C)n2-c2ccccc2C)sc2c1CCCC2. The minimum absolute atomic E-state index is 0.158. The number of nitrogens with zero attached hydrogens (tertiary/aromatic N) is 3. The van der Waals surface area contributed by atoms with Gasteiger partial charge >= 0.3 is 0 Å². The summed E-state index contributed by atoms with van der Waals surface area (Å²) < 4.78 is 7.01.